The number of nitrogens with zero attached hydrogens (tertiary/aromatic N) is 2. The van der Waals surface area contributed by atoms with E-state index in [0.717, 1.165) is 38.3 Å². The van der Waals surface area contributed by atoms with Crippen LogP contribution in [0.1, 0.15) is 16.9 Å². The lowest BCUT2D eigenvalue weighted by Crippen LogP contribution is -2.48. The van der Waals surface area contributed by atoms with Crippen molar-refractivity contribution < 1.29 is 9.18 Å². The Balaban J connectivity index is 1.43. The summed E-state index contributed by atoms with van der Waals surface area (Å²) >= 11 is 1.78. The minimum atomic E-state index is -0.239. The van der Waals surface area contributed by atoms with E-state index >= 15 is 0 Å². The summed E-state index contributed by atoms with van der Waals surface area (Å²) in [5.74, 6) is -0.0674. The zero-order valence-corrected chi connectivity index (χ0v) is 13.9. The Morgan fingerprint density at radius 2 is 1.96 bits per heavy atom. The molecule has 1 aliphatic rings. The number of benzene rings is 1. The average Bonchev–Trinajstić information content (AvgIpc) is 3.06. The van der Waals surface area contributed by atoms with Crippen LogP contribution in [-0.2, 0) is 17.8 Å². The monoisotopic (exact) mass is 332 g/mol. The number of hydrogen-bond acceptors (Lipinski definition) is 3. The van der Waals surface area contributed by atoms with Gasteiger partial charge in [-0.1, -0.05) is 18.2 Å². The molecule has 1 amide bonds. The molecular formula is C18H21FN2OS. The normalized spacial score (nSPS) is 15.8. The van der Waals surface area contributed by atoms with E-state index in [9.17, 15) is 9.18 Å². The van der Waals surface area contributed by atoms with Crippen LogP contribution in [0.3, 0.4) is 0 Å². The maximum atomic E-state index is 13.1. The number of thiophene rings is 1. The Bertz CT molecular complexity index is 636. The van der Waals surface area contributed by atoms with Crippen molar-refractivity contribution in [2.24, 2.45) is 0 Å². The van der Waals surface area contributed by atoms with E-state index in [1.807, 2.05) is 11.0 Å². The summed E-state index contributed by atoms with van der Waals surface area (Å²) in [6, 6.07) is 10.7. The Labute approximate surface area is 140 Å². The number of carbonyl (C=O) groups excluding carboxylic acids is 1. The van der Waals surface area contributed by atoms with Crippen molar-refractivity contribution in [3.63, 3.8) is 0 Å². The molecule has 3 nitrogen and oxygen atoms in total. The zero-order chi connectivity index (χ0) is 16.1. The Kier molecular flexibility index (Phi) is 5.41. The van der Waals surface area contributed by atoms with Gasteiger partial charge in [0.25, 0.3) is 0 Å². The molecule has 1 aromatic carbocycles. The van der Waals surface area contributed by atoms with Crippen LogP contribution in [-0.4, -0.2) is 41.9 Å². The first kappa shape index (κ1) is 16.1. The number of amides is 1. The van der Waals surface area contributed by atoms with E-state index in [2.05, 4.69) is 22.4 Å². The SMILES string of the molecule is O=C(CCc1cccc(F)c1)N1CCN(Cc2cccs2)CC1. The van der Waals surface area contributed by atoms with Gasteiger partial charge in [-0.2, -0.15) is 0 Å². The molecule has 1 aromatic heterocycles. The smallest absolute Gasteiger partial charge is 0.222 e. The first-order chi connectivity index (χ1) is 11.2. The van der Waals surface area contributed by atoms with Crippen molar-refractivity contribution in [1.82, 2.24) is 9.80 Å². The van der Waals surface area contributed by atoms with Crippen LogP contribution in [0.25, 0.3) is 0 Å². The van der Waals surface area contributed by atoms with Crippen molar-refractivity contribution in [1.29, 1.82) is 0 Å². The molecule has 5 heteroatoms. The first-order valence-electron chi connectivity index (χ1n) is 7.98. The van der Waals surface area contributed by atoms with Gasteiger partial charge in [-0.3, -0.25) is 9.69 Å². The van der Waals surface area contributed by atoms with Gasteiger partial charge in [0.05, 0.1) is 0 Å². The van der Waals surface area contributed by atoms with E-state index in [-0.39, 0.29) is 11.7 Å². The van der Waals surface area contributed by atoms with Gasteiger partial charge in [0.2, 0.25) is 5.91 Å². The van der Waals surface area contributed by atoms with Crippen LogP contribution in [0.5, 0.6) is 0 Å². The van der Waals surface area contributed by atoms with Gasteiger partial charge in [0, 0.05) is 44.0 Å². The molecule has 0 N–H and O–H groups in total. The molecule has 23 heavy (non-hydrogen) atoms. The molecule has 2 aromatic rings. The van der Waals surface area contributed by atoms with Gasteiger partial charge in [-0.15, -0.1) is 11.3 Å². The van der Waals surface area contributed by atoms with Crippen LogP contribution in [0, 0.1) is 5.82 Å². The first-order valence-corrected chi connectivity index (χ1v) is 8.85. The second-order valence-corrected chi connectivity index (χ2v) is 6.90. The number of rotatable bonds is 5. The zero-order valence-electron chi connectivity index (χ0n) is 13.1. The molecule has 2 heterocycles. The second-order valence-electron chi connectivity index (χ2n) is 5.87. The molecule has 1 aliphatic heterocycles. The third-order valence-electron chi connectivity index (χ3n) is 4.20. The highest BCUT2D eigenvalue weighted by molar-refractivity contribution is 7.09. The molecule has 0 atom stereocenters. The van der Waals surface area contributed by atoms with Crippen LogP contribution < -0.4 is 0 Å². The fraction of sp³-hybridized carbons (Fsp3) is 0.389. The highest BCUT2D eigenvalue weighted by atomic mass is 32.1. The minimum absolute atomic E-state index is 0.171. The van der Waals surface area contributed by atoms with Gasteiger partial charge < -0.3 is 4.90 Å². The van der Waals surface area contributed by atoms with Gasteiger partial charge in [0.1, 0.15) is 5.82 Å². The molecule has 0 spiro atoms. The van der Waals surface area contributed by atoms with Crippen molar-refractivity contribution in [2.75, 3.05) is 26.2 Å². The standard InChI is InChI=1S/C18H21FN2OS/c19-16-4-1-3-15(13-16)6-7-18(22)21-10-8-20(9-11-21)14-17-5-2-12-23-17/h1-5,12-13H,6-11,14H2. The summed E-state index contributed by atoms with van der Waals surface area (Å²) in [7, 11) is 0. The molecule has 1 fully saturated rings. The Hall–Kier alpha value is -1.72. The van der Waals surface area contributed by atoms with Gasteiger partial charge in [-0.05, 0) is 35.6 Å². The molecule has 122 valence electrons. The molecule has 0 saturated carbocycles. The number of halogens is 1. The second kappa shape index (κ2) is 7.70. The topological polar surface area (TPSA) is 23.6 Å². The molecular weight excluding hydrogens is 311 g/mol. The Morgan fingerprint density at radius 3 is 2.65 bits per heavy atom. The van der Waals surface area contributed by atoms with Crippen LogP contribution in [0.2, 0.25) is 0 Å². The fourth-order valence-corrected chi connectivity index (χ4v) is 3.63. The average molecular weight is 332 g/mol. The fourth-order valence-electron chi connectivity index (χ4n) is 2.88. The van der Waals surface area contributed by atoms with Gasteiger partial charge in [0.15, 0.2) is 0 Å². The van der Waals surface area contributed by atoms with E-state index in [1.54, 1.807) is 17.4 Å². The number of carbonyl (C=O) groups is 1. The summed E-state index contributed by atoms with van der Waals surface area (Å²) in [5, 5.41) is 2.10. The third kappa shape index (κ3) is 4.62. The third-order valence-corrected chi connectivity index (χ3v) is 5.06. The summed E-state index contributed by atoms with van der Waals surface area (Å²) in [4.78, 5) is 18.0. The molecule has 0 unspecified atom stereocenters. The molecule has 0 bridgehead atoms. The number of hydrogen-bond donors (Lipinski definition) is 0. The van der Waals surface area contributed by atoms with Crippen molar-refractivity contribution in [3.05, 3.63) is 58.0 Å². The maximum absolute atomic E-state index is 13.1. The minimum Gasteiger partial charge on any atom is -0.340 e. The summed E-state index contributed by atoms with van der Waals surface area (Å²) in [5.41, 5.74) is 0.884. The molecule has 1 saturated heterocycles. The highest BCUT2D eigenvalue weighted by Crippen LogP contribution is 2.14. The van der Waals surface area contributed by atoms with E-state index < -0.39 is 0 Å². The number of piperazine rings is 1. The Morgan fingerprint density at radius 1 is 1.13 bits per heavy atom. The predicted molar refractivity (Wildman–Crippen MR) is 90.9 cm³/mol. The largest absolute Gasteiger partial charge is 0.340 e. The van der Waals surface area contributed by atoms with Crippen molar-refractivity contribution in [2.45, 2.75) is 19.4 Å². The molecule has 0 aliphatic carbocycles. The lowest BCUT2D eigenvalue weighted by Gasteiger charge is -2.34. The van der Waals surface area contributed by atoms with E-state index in [4.69, 9.17) is 0 Å². The number of aryl methyl sites for hydroxylation is 1. The molecule has 0 radical (unpaired) electrons. The quantitative estimate of drug-likeness (QED) is 0.840. The predicted octanol–water partition coefficient (Wildman–Crippen LogP) is 3.16. The summed E-state index contributed by atoms with van der Waals surface area (Å²) in [6.07, 6.45) is 1.06. The van der Waals surface area contributed by atoms with E-state index in [0.29, 0.717) is 12.8 Å². The highest BCUT2D eigenvalue weighted by Gasteiger charge is 2.21. The van der Waals surface area contributed by atoms with Crippen molar-refractivity contribution >= 4 is 17.2 Å². The van der Waals surface area contributed by atoms with Gasteiger partial charge >= 0.3 is 0 Å². The maximum Gasteiger partial charge on any atom is 0.222 e. The van der Waals surface area contributed by atoms with Crippen LogP contribution in [0.4, 0.5) is 4.39 Å². The van der Waals surface area contributed by atoms with Crippen LogP contribution in [0.15, 0.2) is 41.8 Å². The van der Waals surface area contributed by atoms with Crippen molar-refractivity contribution in [3.8, 4) is 0 Å². The summed E-state index contributed by atoms with van der Waals surface area (Å²) in [6.45, 7) is 4.39. The lowest BCUT2D eigenvalue weighted by molar-refractivity contribution is -0.132. The molecule has 3 rings (SSSR count). The van der Waals surface area contributed by atoms with Crippen LogP contribution >= 0.6 is 11.3 Å². The van der Waals surface area contributed by atoms with E-state index in [1.165, 1.54) is 17.0 Å². The lowest BCUT2D eigenvalue weighted by atomic mass is 10.1. The van der Waals surface area contributed by atoms with Gasteiger partial charge in [-0.25, -0.2) is 4.39 Å². The summed E-state index contributed by atoms with van der Waals surface area (Å²) < 4.78 is 13.1.